The van der Waals surface area contributed by atoms with E-state index in [1.165, 1.54) is 0 Å². The number of hydrogen-bond donors (Lipinski definition) is 3. The Hall–Kier alpha value is -1.78. The van der Waals surface area contributed by atoms with Crippen LogP contribution in [0.15, 0.2) is 30.3 Å². The van der Waals surface area contributed by atoms with Crippen LogP contribution in [0.2, 0.25) is 19.1 Å². The fourth-order valence-electron chi connectivity index (χ4n) is 2.70. The molecule has 2 rings (SSSR count). The van der Waals surface area contributed by atoms with Gasteiger partial charge in [0.1, 0.15) is 6.61 Å². The van der Waals surface area contributed by atoms with Gasteiger partial charge in [0, 0.05) is 19.0 Å². The quantitative estimate of drug-likeness (QED) is 0.280. The molecule has 29 heavy (non-hydrogen) atoms. The van der Waals surface area contributed by atoms with E-state index in [4.69, 9.17) is 14.2 Å². The minimum Gasteiger partial charge on any atom is -0.461 e. The Kier molecular flexibility index (Phi) is 9.75. The Morgan fingerprint density at radius 1 is 1.34 bits per heavy atom. The smallest absolute Gasteiger partial charge is 0.306 e. The molecule has 0 bridgehead atoms. The van der Waals surface area contributed by atoms with Crippen LogP contribution in [0.1, 0.15) is 18.4 Å². The third-order valence-corrected chi connectivity index (χ3v) is 7.42. The van der Waals surface area contributed by atoms with Crippen molar-refractivity contribution in [1.29, 1.82) is 0 Å². The Balaban J connectivity index is 1.59. The highest BCUT2D eigenvalue weighted by molar-refractivity contribution is 7.03. The average Bonchev–Trinajstić information content (AvgIpc) is 2.84. The second-order valence-corrected chi connectivity index (χ2v) is 12.4. The summed E-state index contributed by atoms with van der Waals surface area (Å²) in [4.78, 5) is 23.9. The number of benzene rings is 1. The van der Waals surface area contributed by atoms with Crippen LogP contribution in [0.5, 0.6) is 0 Å². The van der Waals surface area contributed by atoms with Crippen LogP contribution in [-0.2, 0) is 25.6 Å². The van der Waals surface area contributed by atoms with Gasteiger partial charge in [-0.3, -0.25) is 14.9 Å². The molecule has 0 aliphatic carbocycles. The van der Waals surface area contributed by atoms with E-state index >= 15 is 0 Å². The third kappa shape index (κ3) is 8.63. The molecule has 3 N–H and O–H groups in total. The highest BCUT2D eigenvalue weighted by Gasteiger charge is 2.37. The summed E-state index contributed by atoms with van der Waals surface area (Å²) in [5, 5.41) is 15.7. The minimum absolute atomic E-state index is 0.0909. The molecule has 1 aromatic carbocycles. The van der Waals surface area contributed by atoms with Gasteiger partial charge in [0.25, 0.3) is 12.0 Å². The van der Waals surface area contributed by atoms with Gasteiger partial charge in [0.2, 0.25) is 0 Å². The molecule has 0 amide bonds. The van der Waals surface area contributed by atoms with Crippen molar-refractivity contribution in [2.24, 2.45) is 0 Å². The average molecular weight is 425 g/mol. The number of aliphatic hydroxyl groups excluding tert-OH is 1. The van der Waals surface area contributed by atoms with E-state index < -0.39 is 14.5 Å². The zero-order valence-electron chi connectivity index (χ0n) is 17.2. The summed E-state index contributed by atoms with van der Waals surface area (Å²) in [7, 11) is -2.05. The Bertz CT molecular complexity index is 643. The van der Waals surface area contributed by atoms with Gasteiger partial charge in [0.05, 0.1) is 13.2 Å². The highest BCUT2D eigenvalue weighted by atomic mass is 28.3. The summed E-state index contributed by atoms with van der Waals surface area (Å²) in [6, 6.07) is 10.0. The van der Waals surface area contributed by atoms with Crippen LogP contribution in [0.4, 0.5) is 4.79 Å². The number of cyclic esters (lactones) is 1. The summed E-state index contributed by atoms with van der Waals surface area (Å²) < 4.78 is 16.1. The van der Waals surface area contributed by atoms with Crippen molar-refractivity contribution in [2.75, 3.05) is 26.3 Å². The fraction of sp³-hybridized carbons (Fsp3) is 0.600. The molecule has 0 aromatic heterocycles. The maximum atomic E-state index is 12.1. The molecule has 9 heteroatoms. The van der Waals surface area contributed by atoms with Gasteiger partial charge in [-0.2, -0.15) is 0 Å². The predicted molar refractivity (Wildman–Crippen MR) is 111 cm³/mol. The van der Waals surface area contributed by atoms with Gasteiger partial charge in [-0.25, -0.2) is 0 Å². The zero-order valence-corrected chi connectivity index (χ0v) is 18.2. The van der Waals surface area contributed by atoms with E-state index in [0.717, 1.165) is 11.6 Å². The Morgan fingerprint density at radius 3 is 2.83 bits per heavy atom. The lowest BCUT2D eigenvalue weighted by Gasteiger charge is -2.22. The van der Waals surface area contributed by atoms with Crippen molar-refractivity contribution in [3.8, 4) is 0 Å². The first-order valence-corrected chi connectivity index (χ1v) is 13.2. The number of ether oxygens (including phenoxy) is 3. The van der Waals surface area contributed by atoms with E-state index in [1.807, 2.05) is 43.4 Å². The molecule has 1 heterocycles. The summed E-state index contributed by atoms with van der Waals surface area (Å²) in [6.07, 6.45) is 0.105. The van der Waals surface area contributed by atoms with Crippen LogP contribution >= 0.6 is 0 Å². The summed E-state index contributed by atoms with van der Waals surface area (Å²) in [5.74, 6) is -0.250. The molecular weight excluding hydrogens is 392 g/mol. The summed E-state index contributed by atoms with van der Waals surface area (Å²) >= 11 is 0. The second kappa shape index (κ2) is 12.0. The van der Waals surface area contributed by atoms with Crippen molar-refractivity contribution < 1.29 is 28.9 Å². The molecule has 1 fully saturated rings. The molecular formula is C20H32N2O6Si. The Labute approximate surface area is 172 Å². The first kappa shape index (κ1) is 23.5. The first-order chi connectivity index (χ1) is 13.9. The number of nitrogens with one attached hydrogen (secondary N) is 2. The molecule has 0 radical (unpaired) electrons. The topological polar surface area (TPSA) is 106 Å². The molecule has 8 nitrogen and oxygen atoms in total. The third-order valence-electron chi connectivity index (χ3n) is 4.75. The molecule has 1 aliphatic rings. The lowest BCUT2D eigenvalue weighted by Crippen LogP contribution is -2.47. The maximum Gasteiger partial charge on any atom is 0.306 e. The van der Waals surface area contributed by atoms with Crippen molar-refractivity contribution >= 4 is 19.6 Å². The molecule has 0 spiro atoms. The van der Waals surface area contributed by atoms with E-state index in [1.54, 1.807) is 0 Å². The van der Waals surface area contributed by atoms with Crippen molar-refractivity contribution in [2.45, 2.75) is 51.0 Å². The van der Waals surface area contributed by atoms with E-state index in [9.17, 15) is 14.7 Å². The monoisotopic (exact) mass is 424 g/mol. The van der Waals surface area contributed by atoms with Gasteiger partial charge in [-0.1, -0.05) is 43.4 Å². The van der Waals surface area contributed by atoms with Crippen LogP contribution < -0.4 is 10.6 Å². The van der Waals surface area contributed by atoms with Gasteiger partial charge >= 0.3 is 5.97 Å². The number of esters is 1. The normalized spacial score (nSPS) is 19.8. The van der Waals surface area contributed by atoms with Crippen molar-refractivity contribution in [3.05, 3.63) is 35.9 Å². The number of rotatable bonds is 11. The fourth-order valence-corrected chi connectivity index (χ4v) is 3.96. The minimum atomic E-state index is -2.05. The van der Waals surface area contributed by atoms with Crippen LogP contribution in [0.25, 0.3) is 0 Å². The SMILES string of the molecule is C[Si]1(C)CCOC(NC[C@@H](CO)NCCCC(=O)OCc2ccccc2)OC1=O. The molecule has 1 aliphatic heterocycles. The second-order valence-electron chi connectivity index (χ2n) is 7.73. The van der Waals surface area contributed by atoms with Crippen LogP contribution in [-0.4, -0.2) is 63.5 Å². The number of hydrogen-bond acceptors (Lipinski definition) is 8. The van der Waals surface area contributed by atoms with Gasteiger partial charge in [-0.15, -0.1) is 0 Å². The van der Waals surface area contributed by atoms with Crippen LogP contribution in [0.3, 0.4) is 0 Å². The van der Waals surface area contributed by atoms with Crippen LogP contribution in [0, 0.1) is 0 Å². The van der Waals surface area contributed by atoms with E-state index in [-0.39, 0.29) is 30.8 Å². The number of aliphatic hydroxyl groups is 1. The highest BCUT2D eigenvalue weighted by Crippen LogP contribution is 2.17. The lowest BCUT2D eigenvalue weighted by atomic mass is 10.2. The standard InChI is InChI=1S/C20H32N2O6Si/c1-29(2)12-11-26-19(28-20(29)25)22-13-17(14-23)21-10-6-9-18(24)27-15-16-7-4-3-5-8-16/h3-5,7-8,17,19,21-23H,6,9-15H2,1-2H3/t17-,19?/m0/s1. The van der Waals surface area contributed by atoms with E-state index in [0.29, 0.717) is 32.5 Å². The molecule has 2 atom stereocenters. The largest absolute Gasteiger partial charge is 0.461 e. The van der Waals surface area contributed by atoms with E-state index in [2.05, 4.69) is 10.6 Å². The van der Waals surface area contributed by atoms with Gasteiger partial charge in [-0.05, 0) is 24.6 Å². The molecule has 162 valence electrons. The number of carbonyl (C=O) groups is 2. The predicted octanol–water partition coefficient (Wildman–Crippen LogP) is 1.79. The molecule has 1 saturated heterocycles. The first-order valence-electron chi connectivity index (χ1n) is 10.0. The Morgan fingerprint density at radius 2 is 2.10 bits per heavy atom. The zero-order chi connectivity index (χ0) is 21.1. The maximum absolute atomic E-state index is 12.1. The summed E-state index contributed by atoms with van der Waals surface area (Å²) in [6.45, 7) is 5.51. The van der Waals surface area contributed by atoms with Gasteiger partial charge < -0.3 is 24.6 Å². The molecule has 0 saturated carbocycles. The van der Waals surface area contributed by atoms with Crippen molar-refractivity contribution in [3.63, 3.8) is 0 Å². The molecule has 1 unspecified atom stereocenters. The van der Waals surface area contributed by atoms with Gasteiger partial charge in [0.15, 0.2) is 8.07 Å². The molecule has 1 aromatic rings. The number of carbonyl (C=O) groups excluding carboxylic acids is 2. The van der Waals surface area contributed by atoms with Crippen molar-refractivity contribution in [1.82, 2.24) is 10.6 Å². The summed E-state index contributed by atoms with van der Waals surface area (Å²) in [5.41, 5.74) is 0.785. The lowest BCUT2D eigenvalue weighted by molar-refractivity contribution is -0.145.